The van der Waals surface area contributed by atoms with Crippen molar-refractivity contribution >= 4 is 17.9 Å². The van der Waals surface area contributed by atoms with Crippen LogP contribution in [-0.2, 0) is 28.6 Å². The lowest BCUT2D eigenvalue weighted by molar-refractivity contribution is -0.889. The molecular weight excluding hydrogens is 570 g/mol. The number of likely N-dealkylation sites (N-methyl/N-ethyl adjacent to an activating group) is 1. The minimum atomic E-state index is -1.14. The number of carboxylic acids is 1. The lowest BCUT2D eigenvalue weighted by Gasteiger charge is -2.34. The summed E-state index contributed by atoms with van der Waals surface area (Å²) >= 11 is 0. The van der Waals surface area contributed by atoms with E-state index in [4.69, 9.17) is 14.2 Å². The number of hydrogen-bond acceptors (Lipinski definition) is 7. The van der Waals surface area contributed by atoms with Crippen molar-refractivity contribution < 1.29 is 38.2 Å². The average molecular weight is 632 g/mol. The zero-order chi connectivity index (χ0) is 33.6. The number of quaternary nitrogens is 1. The van der Waals surface area contributed by atoms with Gasteiger partial charge in [-0.1, -0.05) is 93.9 Å². The zero-order valence-electron chi connectivity index (χ0n) is 28.8. The molecule has 0 bridgehead atoms. The summed E-state index contributed by atoms with van der Waals surface area (Å²) in [6.07, 6.45) is 31.5. The maximum absolute atomic E-state index is 12.6. The van der Waals surface area contributed by atoms with Crippen molar-refractivity contribution in [1.82, 2.24) is 0 Å². The Kier molecular flexibility index (Phi) is 26.6. The van der Waals surface area contributed by atoms with Crippen molar-refractivity contribution in [1.29, 1.82) is 0 Å². The second kappa shape index (κ2) is 28.5. The quantitative estimate of drug-likeness (QED) is 0.0417. The molecule has 0 aromatic carbocycles. The summed E-state index contributed by atoms with van der Waals surface area (Å²) in [5.41, 5.74) is 0. The number of ether oxygens (including phenoxy) is 3. The topological polar surface area (TPSA) is 102 Å². The Bertz CT molecular complexity index is 928. The number of rotatable bonds is 28. The molecule has 0 amide bonds. The fourth-order valence-corrected chi connectivity index (χ4v) is 4.34. The summed E-state index contributed by atoms with van der Waals surface area (Å²) < 4.78 is 16.9. The molecule has 0 aliphatic rings. The predicted molar refractivity (Wildman–Crippen MR) is 180 cm³/mol. The first-order valence-corrected chi connectivity index (χ1v) is 16.8. The molecule has 0 aromatic heterocycles. The van der Waals surface area contributed by atoms with Gasteiger partial charge in [0.25, 0.3) is 0 Å². The van der Waals surface area contributed by atoms with Crippen LogP contribution in [0.15, 0.2) is 60.8 Å². The van der Waals surface area contributed by atoms with Crippen LogP contribution in [0.1, 0.15) is 104 Å². The number of aliphatic carboxylic acids is 1. The summed E-state index contributed by atoms with van der Waals surface area (Å²) in [6.45, 7) is 4.26. The van der Waals surface area contributed by atoms with Crippen LogP contribution < -0.4 is 5.11 Å². The number of nitrogens with zero attached hydrogens (tertiary/aromatic N) is 1. The van der Waals surface area contributed by atoms with E-state index in [2.05, 4.69) is 56.4 Å². The number of carbonyl (C=O) groups excluding carboxylic acids is 3. The Morgan fingerprint density at radius 3 is 1.84 bits per heavy atom. The van der Waals surface area contributed by atoms with E-state index in [1.54, 1.807) is 27.2 Å². The highest BCUT2D eigenvalue weighted by Gasteiger charge is 2.25. The Balaban J connectivity index is 4.62. The number of allylic oxidation sites excluding steroid dienone is 9. The van der Waals surface area contributed by atoms with Gasteiger partial charge in [0.15, 0.2) is 6.10 Å². The van der Waals surface area contributed by atoms with E-state index < -0.39 is 24.1 Å². The summed E-state index contributed by atoms with van der Waals surface area (Å²) in [6, 6.07) is -0.739. The third-order valence-corrected chi connectivity index (χ3v) is 6.93. The first-order valence-electron chi connectivity index (χ1n) is 16.8. The molecule has 2 unspecified atom stereocenters. The second-order valence-corrected chi connectivity index (χ2v) is 12.0. The predicted octanol–water partition coefficient (Wildman–Crippen LogP) is 6.56. The van der Waals surface area contributed by atoms with Crippen LogP contribution in [0, 0.1) is 0 Å². The molecule has 0 N–H and O–H groups in total. The van der Waals surface area contributed by atoms with Crippen molar-refractivity contribution in [2.45, 2.75) is 116 Å². The maximum Gasteiger partial charge on any atom is 0.309 e. The molecule has 0 fully saturated rings. The molecule has 0 aliphatic heterocycles. The van der Waals surface area contributed by atoms with Gasteiger partial charge in [0.05, 0.1) is 46.7 Å². The molecule has 2 atom stereocenters. The van der Waals surface area contributed by atoms with Gasteiger partial charge in [0, 0.05) is 12.8 Å². The van der Waals surface area contributed by atoms with Gasteiger partial charge in [0.2, 0.25) is 0 Å². The van der Waals surface area contributed by atoms with Gasteiger partial charge in [-0.25, -0.2) is 0 Å². The van der Waals surface area contributed by atoms with E-state index in [1.807, 2.05) is 12.2 Å². The molecule has 0 aromatic rings. The molecule has 0 rings (SSSR count). The van der Waals surface area contributed by atoms with Crippen LogP contribution in [0.4, 0.5) is 0 Å². The first kappa shape index (κ1) is 42.0. The number of esters is 2. The van der Waals surface area contributed by atoms with Crippen LogP contribution in [-0.4, -0.2) is 75.5 Å². The van der Waals surface area contributed by atoms with Crippen LogP contribution in [0.5, 0.6) is 0 Å². The molecule has 0 radical (unpaired) electrons. The highest BCUT2D eigenvalue weighted by Crippen LogP contribution is 2.11. The van der Waals surface area contributed by atoms with Crippen LogP contribution >= 0.6 is 0 Å². The summed E-state index contributed by atoms with van der Waals surface area (Å²) in [4.78, 5) is 36.4. The molecule has 8 heteroatoms. The highest BCUT2D eigenvalue weighted by molar-refractivity contribution is 5.71. The third-order valence-electron chi connectivity index (χ3n) is 6.93. The van der Waals surface area contributed by atoms with Crippen LogP contribution in [0.25, 0.3) is 0 Å². The maximum atomic E-state index is 12.6. The molecule has 0 heterocycles. The van der Waals surface area contributed by atoms with E-state index in [9.17, 15) is 19.5 Å². The minimum absolute atomic E-state index is 0.00476. The monoisotopic (exact) mass is 631 g/mol. The van der Waals surface area contributed by atoms with Crippen LogP contribution in [0.2, 0.25) is 0 Å². The smallest absolute Gasteiger partial charge is 0.309 e. The normalized spacial score (nSPS) is 13.9. The second-order valence-electron chi connectivity index (χ2n) is 12.0. The average Bonchev–Trinajstić information content (AvgIpc) is 2.98. The van der Waals surface area contributed by atoms with Gasteiger partial charge in [-0.3, -0.25) is 9.59 Å². The number of unbranched alkanes of at least 4 members (excludes halogenated alkanes) is 5. The van der Waals surface area contributed by atoms with Gasteiger partial charge in [-0.2, -0.15) is 0 Å². The van der Waals surface area contributed by atoms with Crippen molar-refractivity contribution in [3.8, 4) is 0 Å². The number of carbonyl (C=O) groups is 3. The Hall–Kier alpha value is -2.97. The standard InChI is InChI=1S/C37H61NO7/c1-6-8-10-12-14-16-17-18-20-22-24-26-28-36(40)45-33(31-43-30-29-34(37(41)42)38(3,4)5)32-44-35(39)27-25-23-21-19-15-13-11-9-7-2/h8-11,14-16,19,23,25,33-34H,6-7,12-13,17-18,20-22,24,26-32H2,1-5H3/b10-8+,11-9+,16-14+,19-15+,25-23+. The van der Waals surface area contributed by atoms with Crippen molar-refractivity contribution in [3.05, 3.63) is 60.8 Å². The lowest BCUT2D eigenvalue weighted by atomic mass is 10.1. The fourth-order valence-electron chi connectivity index (χ4n) is 4.34. The zero-order valence-corrected chi connectivity index (χ0v) is 28.8. The molecule has 0 saturated heterocycles. The summed E-state index contributed by atoms with van der Waals surface area (Å²) in [7, 11) is 5.35. The third kappa shape index (κ3) is 27.1. The Morgan fingerprint density at radius 1 is 0.689 bits per heavy atom. The lowest BCUT2D eigenvalue weighted by Crippen LogP contribution is -2.55. The van der Waals surface area contributed by atoms with Crippen LogP contribution in [0.3, 0.4) is 0 Å². The molecule has 256 valence electrons. The highest BCUT2D eigenvalue weighted by atomic mass is 16.6. The summed E-state index contributed by atoms with van der Waals surface area (Å²) in [5, 5.41) is 11.5. The van der Waals surface area contributed by atoms with Gasteiger partial charge in [-0.15, -0.1) is 0 Å². The minimum Gasteiger partial charge on any atom is -0.544 e. The van der Waals surface area contributed by atoms with Crippen molar-refractivity contribution in [3.63, 3.8) is 0 Å². The molecule has 0 spiro atoms. The Labute approximate surface area is 273 Å². The summed E-state index contributed by atoms with van der Waals surface area (Å²) in [5.74, 6) is -1.92. The molecule has 0 aliphatic carbocycles. The van der Waals surface area contributed by atoms with Gasteiger partial charge in [0.1, 0.15) is 12.6 Å². The van der Waals surface area contributed by atoms with E-state index in [-0.39, 0.29) is 49.5 Å². The number of carboxylic acid groups (broad SMARTS) is 1. The van der Waals surface area contributed by atoms with Gasteiger partial charge in [-0.05, 0) is 51.4 Å². The van der Waals surface area contributed by atoms with Crippen molar-refractivity contribution in [2.75, 3.05) is 41.0 Å². The Morgan fingerprint density at radius 2 is 1.24 bits per heavy atom. The molecule has 45 heavy (non-hydrogen) atoms. The number of hydrogen-bond donors (Lipinski definition) is 0. The first-order chi connectivity index (χ1) is 21.6. The molecule has 0 saturated carbocycles. The van der Waals surface area contributed by atoms with E-state index >= 15 is 0 Å². The van der Waals surface area contributed by atoms with E-state index in [0.29, 0.717) is 0 Å². The largest absolute Gasteiger partial charge is 0.544 e. The molecular formula is C37H61NO7. The van der Waals surface area contributed by atoms with Crippen molar-refractivity contribution in [2.24, 2.45) is 0 Å². The fraction of sp³-hybridized carbons (Fsp3) is 0.649. The van der Waals surface area contributed by atoms with Gasteiger partial charge >= 0.3 is 11.9 Å². The molecule has 8 nitrogen and oxygen atoms in total. The SMILES string of the molecule is CC/C=C/C/C=C/C/C=C/CC(=O)OCC(COCCC(C(=O)[O-])[N+](C)(C)C)OC(=O)CCCCCCC/C=C/C/C=C/CC. The van der Waals surface area contributed by atoms with Gasteiger partial charge < -0.3 is 28.6 Å². The van der Waals surface area contributed by atoms with E-state index in [1.165, 1.54) is 0 Å². The van der Waals surface area contributed by atoms with E-state index in [0.717, 1.165) is 70.6 Å².